The van der Waals surface area contributed by atoms with E-state index in [1.165, 1.54) is 26.2 Å². The molecule has 0 aliphatic rings. The average Bonchev–Trinajstić information content (AvgIpc) is 2.44. The minimum atomic E-state index is -3.51. The predicted molar refractivity (Wildman–Crippen MR) is 83.4 cm³/mol. The summed E-state index contributed by atoms with van der Waals surface area (Å²) in [6.07, 6.45) is 1.57. The lowest BCUT2D eigenvalue weighted by molar-refractivity contribution is -0.119. The van der Waals surface area contributed by atoms with Crippen LogP contribution in [0.25, 0.3) is 0 Å². The molecule has 1 aromatic rings. The molecule has 1 rings (SSSR count). The van der Waals surface area contributed by atoms with Gasteiger partial charge in [-0.1, -0.05) is 19.4 Å². The number of carbonyl (C=O) groups is 1. The standard InChI is InChI=1S/C14H23N3O3S/c1-4-6-11(10-15)14(18)16-12-7-5-8-13(9-12)21(19,20)17(2)3/h5,7-9,11H,4,6,10,15H2,1-3H3,(H,16,18). The first-order chi connectivity index (χ1) is 9.82. The number of amides is 1. The third-order valence-electron chi connectivity index (χ3n) is 3.17. The Kier molecular flexibility index (Phi) is 6.32. The van der Waals surface area contributed by atoms with Gasteiger partial charge in [0.1, 0.15) is 0 Å². The number of benzene rings is 1. The van der Waals surface area contributed by atoms with E-state index < -0.39 is 10.0 Å². The first kappa shape index (κ1) is 17.6. The number of rotatable bonds is 7. The van der Waals surface area contributed by atoms with Crippen LogP contribution in [-0.4, -0.2) is 39.3 Å². The molecule has 3 N–H and O–H groups in total. The highest BCUT2D eigenvalue weighted by molar-refractivity contribution is 7.89. The van der Waals surface area contributed by atoms with Crippen LogP contribution in [0.15, 0.2) is 29.2 Å². The van der Waals surface area contributed by atoms with E-state index in [9.17, 15) is 13.2 Å². The Morgan fingerprint density at radius 2 is 2.05 bits per heavy atom. The number of nitrogens with two attached hydrogens (primary N) is 1. The number of nitrogens with one attached hydrogen (secondary N) is 1. The summed E-state index contributed by atoms with van der Waals surface area (Å²) >= 11 is 0. The largest absolute Gasteiger partial charge is 0.330 e. The van der Waals surface area contributed by atoms with Crippen molar-refractivity contribution in [3.8, 4) is 0 Å². The SMILES string of the molecule is CCCC(CN)C(=O)Nc1cccc(S(=O)(=O)N(C)C)c1. The maximum atomic E-state index is 12.1. The molecule has 21 heavy (non-hydrogen) atoms. The van der Waals surface area contributed by atoms with Gasteiger partial charge in [-0.2, -0.15) is 0 Å². The van der Waals surface area contributed by atoms with Crippen LogP contribution in [0.1, 0.15) is 19.8 Å². The molecule has 1 aromatic carbocycles. The Hall–Kier alpha value is -1.44. The summed E-state index contributed by atoms with van der Waals surface area (Å²) in [5, 5.41) is 2.73. The summed E-state index contributed by atoms with van der Waals surface area (Å²) in [7, 11) is -0.585. The summed E-state index contributed by atoms with van der Waals surface area (Å²) in [5.74, 6) is -0.442. The van der Waals surface area contributed by atoms with Crippen molar-refractivity contribution in [2.75, 3.05) is 26.0 Å². The third-order valence-corrected chi connectivity index (χ3v) is 4.98. The fourth-order valence-electron chi connectivity index (χ4n) is 1.89. The van der Waals surface area contributed by atoms with Crippen LogP contribution in [-0.2, 0) is 14.8 Å². The second-order valence-corrected chi connectivity index (χ2v) is 7.18. The van der Waals surface area contributed by atoms with Crippen LogP contribution in [0.3, 0.4) is 0 Å². The van der Waals surface area contributed by atoms with Gasteiger partial charge in [0.05, 0.1) is 10.8 Å². The average molecular weight is 313 g/mol. The van der Waals surface area contributed by atoms with Gasteiger partial charge in [-0.25, -0.2) is 12.7 Å². The molecule has 6 nitrogen and oxygen atoms in total. The van der Waals surface area contributed by atoms with Gasteiger partial charge in [-0.3, -0.25) is 4.79 Å². The molecule has 118 valence electrons. The van der Waals surface area contributed by atoms with Gasteiger partial charge >= 0.3 is 0 Å². The second kappa shape index (κ2) is 7.53. The molecule has 1 unspecified atom stereocenters. The van der Waals surface area contributed by atoms with Gasteiger partial charge in [0.2, 0.25) is 15.9 Å². The van der Waals surface area contributed by atoms with Gasteiger partial charge in [-0.05, 0) is 24.6 Å². The predicted octanol–water partition coefficient (Wildman–Crippen LogP) is 1.25. The summed E-state index contributed by atoms with van der Waals surface area (Å²) in [6, 6.07) is 6.21. The topological polar surface area (TPSA) is 92.5 Å². The highest BCUT2D eigenvalue weighted by atomic mass is 32.2. The first-order valence-corrected chi connectivity index (χ1v) is 8.30. The molecule has 0 saturated heterocycles. The second-order valence-electron chi connectivity index (χ2n) is 5.03. The number of nitrogens with zero attached hydrogens (tertiary/aromatic N) is 1. The van der Waals surface area contributed by atoms with Gasteiger partial charge < -0.3 is 11.1 Å². The number of hydrogen-bond acceptors (Lipinski definition) is 4. The number of anilines is 1. The highest BCUT2D eigenvalue weighted by Gasteiger charge is 2.19. The molecule has 0 aliphatic carbocycles. The smallest absolute Gasteiger partial charge is 0.242 e. The molecule has 0 spiro atoms. The molecule has 7 heteroatoms. The van der Waals surface area contributed by atoms with Crippen molar-refractivity contribution in [2.45, 2.75) is 24.7 Å². The van der Waals surface area contributed by atoms with Gasteiger partial charge in [0, 0.05) is 26.3 Å². The Morgan fingerprint density at radius 3 is 2.57 bits per heavy atom. The van der Waals surface area contributed by atoms with Crippen molar-refractivity contribution in [1.29, 1.82) is 0 Å². The molecule has 0 aliphatic heterocycles. The van der Waals surface area contributed by atoms with E-state index in [0.717, 1.165) is 10.7 Å². The van der Waals surface area contributed by atoms with Crippen molar-refractivity contribution < 1.29 is 13.2 Å². The molecule has 0 fully saturated rings. The number of sulfonamides is 1. The summed E-state index contributed by atoms with van der Waals surface area (Å²) < 4.78 is 25.2. The Morgan fingerprint density at radius 1 is 1.38 bits per heavy atom. The van der Waals surface area contributed by atoms with Gasteiger partial charge in [0.15, 0.2) is 0 Å². The van der Waals surface area contributed by atoms with Crippen molar-refractivity contribution in [2.24, 2.45) is 11.7 Å². The van der Waals surface area contributed by atoms with Gasteiger partial charge in [-0.15, -0.1) is 0 Å². The van der Waals surface area contributed by atoms with E-state index in [2.05, 4.69) is 5.32 Å². The van der Waals surface area contributed by atoms with Crippen LogP contribution < -0.4 is 11.1 Å². The van der Waals surface area contributed by atoms with E-state index in [1.807, 2.05) is 6.92 Å². The van der Waals surface area contributed by atoms with Crippen molar-refractivity contribution in [3.05, 3.63) is 24.3 Å². The van der Waals surface area contributed by atoms with Gasteiger partial charge in [0.25, 0.3) is 0 Å². The lowest BCUT2D eigenvalue weighted by Gasteiger charge is -2.15. The molecule has 0 aromatic heterocycles. The fraction of sp³-hybridized carbons (Fsp3) is 0.500. The minimum absolute atomic E-state index is 0.144. The van der Waals surface area contributed by atoms with Crippen LogP contribution in [0, 0.1) is 5.92 Å². The number of hydrogen-bond donors (Lipinski definition) is 2. The Bertz CT molecular complexity index is 585. The van der Waals surface area contributed by atoms with E-state index in [0.29, 0.717) is 12.1 Å². The monoisotopic (exact) mass is 313 g/mol. The Labute approximate surface area is 126 Å². The zero-order chi connectivity index (χ0) is 16.0. The van der Waals surface area contributed by atoms with E-state index in [1.54, 1.807) is 12.1 Å². The maximum absolute atomic E-state index is 12.1. The Balaban J connectivity index is 2.94. The van der Waals surface area contributed by atoms with Crippen molar-refractivity contribution in [1.82, 2.24) is 4.31 Å². The fourth-order valence-corrected chi connectivity index (χ4v) is 2.84. The maximum Gasteiger partial charge on any atom is 0.242 e. The molecule has 1 atom stereocenters. The van der Waals surface area contributed by atoms with E-state index in [4.69, 9.17) is 5.73 Å². The zero-order valence-corrected chi connectivity index (χ0v) is 13.5. The summed E-state index contributed by atoms with van der Waals surface area (Å²) in [6.45, 7) is 2.26. The number of carbonyl (C=O) groups excluding carboxylic acids is 1. The van der Waals surface area contributed by atoms with Crippen LogP contribution in [0.4, 0.5) is 5.69 Å². The molecule has 0 bridgehead atoms. The quantitative estimate of drug-likeness (QED) is 0.792. The normalized spacial score (nSPS) is 13.2. The minimum Gasteiger partial charge on any atom is -0.330 e. The summed E-state index contributed by atoms with van der Waals surface area (Å²) in [5.41, 5.74) is 6.04. The van der Waals surface area contributed by atoms with Crippen molar-refractivity contribution in [3.63, 3.8) is 0 Å². The molecule has 1 amide bonds. The third kappa shape index (κ3) is 4.52. The molecule has 0 heterocycles. The molecular formula is C14H23N3O3S. The molecule has 0 saturated carbocycles. The van der Waals surface area contributed by atoms with E-state index >= 15 is 0 Å². The highest BCUT2D eigenvalue weighted by Crippen LogP contribution is 2.19. The van der Waals surface area contributed by atoms with E-state index in [-0.39, 0.29) is 23.3 Å². The van der Waals surface area contributed by atoms with Crippen LogP contribution in [0.5, 0.6) is 0 Å². The molecular weight excluding hydrogens is 290 g/mol. The summed E-state index contributed by atoms with van der Waals surface area (Å²) in [4.78, 5) is 12.2. The first-order valence-electron chi connectivity index (χ1n) is 6.86. The van der Waals surface area contributed by atoms with Crippen molar-refractivity contribution >= 4 is 21.6 Å². The van der Waals surface area contributed by atoms with Crippen LogP contribution >= 0.6 is 0 Å². The zero-order valence-electron chi connectivity index (χ0n) is 12.7. The van der Waals surface area contributed by atoms with Crippen LogP contribution in [0.2, 0.25) is 0 Å². The lowest BCUT2D eigenvalue weighted by atomic mass is 10.0. The molecule has 0 radical (unpaired) electrons. The lowest BCUT2D eigenvalue weighted by Crippen LogP contribution is -2.29.